The van der Waals surface area contributed by atoms with Crippen LogP contribution in [0.1, 0.15) is 27.0 Å². The number of benzene rings is 4. The van der Waals surface area contributed by atoms with E-state index in [0.29, 0.717) is 16.1 Å². The molecule has 0 spiro atoms. The maximum absolute atomic E-state index is 13.8. The van der Waals surface area contributed by atoms with Gasteiger partial charge in [-0.05, 0) is 66.6 Å². The summed E-state index contributed by atoms with van der Waals surface area (Å²) in [6.07, 6.45) is 0. The summed E-state index contributed by atoms with van der Waals surface area (Å²) in [5.74, 6) is -0.815. The predicted molar refractivity (Wildman–Crippen MR) is 140 cm³/mol. The van der Waals surface area contributed by atoms with Gasteiger partial charge in [-0.15, -0.1) is 0 Å². The van der Waals surface area contributed by atoms with Crippen molar-refractivity contribution in [2.24, 2.45) is 0 Å². The number of anilines is 1. The zero-order valence-electron chi connectivity index (χ0n) is 19.5. The number of aryl methyl sites for hydroxylation is 1. The molecule has 1 amide bonds. The minimum Gasteiger partial charge on any atom is -0.348 e. The molecule has 36 heavy (non-hydrogen) atoms. The van der Waals surface area contributed by atoms with Crippen LogP contribution in [0.2, 0.25) is 5.02 Å². The fourth-order valence-corrected chi connectivity index (χ4v) is 5.25. The lowest BCUT2D eigenvalue weighted by Gasteiger charge is -2.27. The van der Waals surface area contributed by atoms with E-state index in [4.69, 9.17) is 11.6 Å². The fourth-order valence-electron chi connectivity index (χ4n) is 3.66. The molecule has 4 aromatic rings. The lowest BCUT2D eigenvalue weighted by atomic mass is 10.1. The summed E-state index contributed by atoms with van der Waals surface area (Å²) in [6.45, 7) is 2.04. The largest absolute Gasteiger partial charge is 0.348 e. The Morgan fingerprint density at radius 3 is 2.14 bits per heavy atom. The summed E-state index contributed by atoms with van der Waals surface area (Å²) in [7, 11) is -4.03. The zero-order chi connectivity index (χ0) is 25.7. The predicted octanol–water partition coefficient (Wildman–Crippen LogP) is 6.11. The molecule has 0 saturated heterocycles. The molecule has 0 unspecified atom stereocenters. The van der Waals surface area contributed by atoms with Crippen molar-refractivity contribution >= 4 is 33.2 Å². The number of hydrogen-bond acceptors (Lipinski definition) is 3. The van der Waals surface area contributed by atoms with Gasteiger partial charge in [-0.1, -0.05) is 65.7 Å². The van der Waals surface area contributed by atoms with E-state index in [1.807, 2.05) is 6.92 Å². The van der Waals surface area contributed by atoms with Crippen LogP contribution in [0.3, 0.4) is 0 Å². The Balaban J connectivity index is 1.72. The van der Waals surface area contributed by atoms with Gasteiger partial charge in [0.2, 0.25) is 0 Å². The topological polar surface area (TPSA) is 66.5 Å². The monoisotopic (exact) mass is 522 g/mol. The first-order chi connectivity index (χ1) is 17.2. The van der Waals surface area contributed by atoms with E-state index in [2.05, 4.69) is 5.32 Å². The van der Waals surface area contributed by atoms with Crippen LogP contribution in [-0.2, 0) is 23.1 Å². The zero-order valence-corrected chi connectivity index (χ0v) is 21.1. The highest BCUT2D eigenvalue weighted by atomic mass is 35.5. The minimum atomic E-state index is -4.03. The molecule has 0 aromatic heterocycles. The highest BCUT2D eigenvalue weighted by Gasteiger charge is 2.28. The smallest absolute Gasteiger partial charge is 0.264 e. The van der Waals surface area contributed by atoms with Crippen molar-refractivity contribution in [2.75, 3.05) is 4.31 Å². The third-order valence-corrected chi connectivity index (χ3v) is 7.66. The number of carbonyl (C=O) groups excluding carboxylic acids is 1. The average molecular weight is 523 g/mol. The van der Waals surface area contributed by atoms with Gasteiger partial charge in [0.1, 0.15) is 5.82 Å². The number of nitrogens with one attached hydrogen (secondary N) is 1. The second-order valence-electron chi connectivity index (χ2n) is 8.28. The van der Waals surface area contributed by atoms with Gasteiger partial charge in [0, 0.05) is 11.6 Å². The third kappa shape index (κ3) is 5.93. The number of halogens is 2. The van der Waals surface area contributed by atoms with E-state index in [-0.39, 0.29) is 35.1 Å². The van der Waals surface area contributed by atoms with Crippen molar-refractivity contribution in [2.45, 2.75) is 24.9 Å². The van der Waals surface area contributed by atoms with Gasteiger partial charge in [-0.25, -0.2) is 12.8 Å². The second-order valence-corrected chi connectivity index (χ2v) is 10.6. The average Bonchev–Trinajstić information content (AvgIpc) is 2.88. The van der Waals surface area contributed by atoms with Crippen LogP contribution in [0.15, 0.2) is 102 Å². The summed E-state index contributed by atoms with van der Waals surface area (Å²) in [5.41, 5.74) is 2.79. The SMILES string of the molecule is Cc1ccc(S(=O)(=O)N(Cc2ccc(Cl)cc2)c2ccccc2C(=O)NCc2ccc(F)cc2)cc1. The molecule has 0 aliphatic heterocycles. The number of carbonyl (C=O) groups is 1. The van der Waals surface area contributed by atoms with Crippen molar-refractivity contribution in [3.05, 3.63) is 130 Å². The number of amides is 1. The van der Waals surface area contributed by atoms with Crippen LogP contribution >= 0.6 is 11.6 Å². The maximum Gasteiger partial charge on any atom is 0.264 e. The number of nitrogens with zero attached hydrogens (tertiary/aromatic N) is 1. The van der Waals surface area contributed by atoms with Crippen molar-refractivity contribution in [1.29, 1.82) is 0 Å². The molecule has 1 N–H and O–H groups in total. The standard InChI is InChI=1S/C28H24ClFN2O3S/c1-20-6-16-25(17-7-20)36(34,35)32(19-22-8-12-23(29)13-9-22)27-5-3-2-4-26(27)28(33)31-18-21-10-14-24(30)15-11-21/h2-17H,18-19H2,1H3,(H,31,33). The Morgan fingerprint density at radius 2 is 1.47 bits per heavy atom. The molecule has 0 fully saturated rings. The molecule has 0 radical (unpaired) electrons. The Hall–Kier alpha value is -3.68. The maximum atomic E-state index is 13.8. The first-order valence-corrected chi connectivity index (χ1v) is 13.0. The summed E-state index contributed by atoms with van der Waals surface area (Å²) >= 11 is 6.02. The van der Waals surface area contributed by atoms with Crippen molar-refractivity contribution < 1.29 is 17.6 Å². The van der Waals surface area contributed by atoms with Crippen molar-refractivity contribution in [3.8, 4) is 0 Å². The highest BCUT2D eigenvalue weighted by Crippen LogP contribution is 2.30. The molecule has 0 saturated carbocycles. The van der Waals surface area contributed by atoms with E-state index in [9.17, 15) is 17.6 Å². The first kappa shape index (κ1) is 25.4. The number of sulfonamides is 1. The molecular weight excluding hydrogens is 499 g/mol. The lowest BCUT2D eigenvalue weighted by molar-refractivity contribution is 0.0951. The summed E-state index contributed by atoms with van der Waals surface area (Å²) in [4.78, 5) is 13.3. The molecule has 184 valence electrons. The summed E-state index contributed by atoms with van der Waals surface area (Å²) in [6, 6.07) is 25.8. The minimum absolute atomic E-state index is 0.00433. The summed E-state index contributed by atoms with van der Waals surface area (Å²) < 4.78 is 42.1. The van der Waals surface area contributed by atoms with E-state index in [1.165, 1.54) is 16.4 Å². The molecular formula is C28H24ClFN2O3S. The molecule has 4 aromatic carbocycles. The number of rotatable bonds is 8. The van der Waals surface area contributed by atoms with Gasteiger partial charge >= 0.3 is 0 Å². The molecule has 8 heteroatoms. The molecule has 0 atom stereocenters. The molecule has 0 aliphatic carbocycles. The first-order valence-electron chi connectivity index (χ1n) is 11.2. The Kier molecular flexibility index (Phi) is 7.72. The molecule has 0 bridgehead atoms. The molecule has 4 rings (SSSR count). The molecule has 0 aliphatic rings. The number of para-hydroxylation sites is 1. The van der Waals surface area contributed by atoms with Crippen LogP contribution in [-0.4, -0.2) is 14.3 Å². The number of hydrogen-bond donors (Lipinski definition) is 1. The van der Waals surface area contributed by atoms with Crippen LogP contribution in [0.25, 0.3) is 0 Å². The van der Waals surface area contributed by atoms with Crippen molar-refractivity contribution in [1.82, 2.24) is 5.32 Å². The second kappa shape index (κ2) is 10.9. The Labute approximate surface area is 215 Å². The van der Waals surface area contributed by atoms with E-state index >= 15 is 0 Å². The molecule has 0 heterocycles. The van der Waals surface area contributed by atoms with Gasteiger partial charge in [0.15, 0.2) is 0 Å². The van der Waals surface area contributed by atoms with Crippen molar-refractivity contribution in [3.63, 3.8) is 0 Å². The Bertz CT molecular complexity index is 1460. The quantitative estimate of drug-likeness (QED) is 0.303. The van der Waals surface area contributed by atoms with Crippen LogP contribution in [0.5, 0.6) is 0 Å². The fraction of sp³-hybridized carbons (Fsp3) is 0.107. The van der Waals surface area contributed by atoms with E-state index < -0.39 is 15.9 Å². The third-order valence-electron chi connectivity index (χ3n) is 5.63. The van der Waals surface area contributed by atoms with Gasteiger partial charge in [0.05, 0.1) is 22.7 Å². The van der Waals surface area contributed by atoms with E-state index in [1.54, 1.807) is 84.9 Å². The van der Waals surface area contributed by atoms with Gasteiger partial charge in [-0.2, -0.15) is 0 Å². The van der Waals surface area contributed by atoms with Crippen LogP contribution in [0, 0.1) is 12.7 Å². The van der Waals surface area contributed by atoms with Gasteiger partial charge in [-0.3, -0.25) is 9.10 Å². The normalized spacial score (nSPS) is 11.2. The lowest BCUT2D eigenvalue weighted by Crippen LogP contribution is -2.33. The Morgan fingerprint density at radius 1 is 0.861 bits per heavy atom. The highest BCUT2D eigenvalue weighted by molar-refractivity contribution is 7.92. The van der Waals surface area contributed by atoms with Gasteiger partial charge < -0.3 is 5.32 Å². The van der Waals surface area contributed by atoms with Gasteiger partial charge in [0.25, 0.3) is 15.9 Å². The van der Waals surface area contributed by atoms with Crippen LogP contribution < -0.4 is 9.62 Å². The summed E-state index contributed by atoms with van der Waals surface area (Å²) in [5, 5.41) is 3.33. The molecule has 5 nitrogen and oxygen atoms in total. The van der Waals surface area contributed by atoms with E-state index in [0.717, 1.165) is 5.56 Å². The van der Waals surface area contributed by atoms with Crippen LogP contribution in [0.4, 0.5) is 10.1 Å².